The summed E-state index contributed by atoms with van der Waals surface area (Å²) < 4.78 is 84.9. The van der Waals surface area contributed by atoms with Gasteiger partial charge in [-0.1, -0.05) is 24.3 Å². The molecule has 2 aromatic carbocycles. The second kappa shape index (κ2) is 14.7. The van der Waals surface area contributed by atoms with Crippen molar-refractivity contribution < 1.29 is 40.7 Å². The number of ketones is 2. The molecule has 2 atom stereocenters. The number of benzene rings is 2. The standard InChI is InChI=1S/C32H32F6N2O3/c33-23-5-1-20(2-6-23)30(21-3-7-24(34)8-4-21)14-27(42)13-22-16-39-18-31(35)29(22)12-11-28-17-40-25(19-43-28)9-10-26(41)15-32(36,37)38/h1-8,16,18,25,28,30,40H,9-15,17,19H2/t25-,28-/m1/s1. The van der Waals surface area contributed by atoms with Crippen molar-refractivity contribution in [1.82, 2.24) is 10.3 Å². The predicted octanol–water partition coefficient (Wildman–Crippen LogP) is 6.42. The Kier molecular flexibility index (Phi) is 11.1. The third-order valence-corrected chi connectivity index (χ3v) is 7.51. The maximum Gasteiger partial charge on any atom is 0.395 e. The Hall–Kier alpha value is -3.57. The van der Waals surface area contributed by atoms with Crippen LogP contribution in [0.5, 0.6) is 0 Å². The molecule has 1 aromatic heterocycles. The van der Waals surface area contributed by atoms with Crippen LogP contribution in [-0.4, -0.2) is 48.0 Å². The van der Waals surface area contributed by atoms with E-state index in [-0.39, 0.29) is 56.6 Å². The average molecular weight is 607 g/mol. The summed E-state index contributed by atoms with van der Waals surface area (Å²) in [7, 11) is 0. The van der Waals surface area contributed by atoms with Crippen molar-refractivity contribution in [2.75, 3.05) is 13.2 Å². The number of hydrogen-bond donors (Lipinski definition) is 1. The summed E-state index contributed by atoms with van der Waals surface area (Å²) in [5, 5.41) is 3.18. The number of halogens is 6. The van der Waals surface area contributed by atoms with Crippen LogP contribution in [0, 0.1) is 17.5 Å². The topological polar surface area (TPSA) is 68.3 Å². The van der Waals surface area contributed by atoms with E-state index < -0.39 is 41.7 Å². The highest BCUT2D eigenvalue weighted by Crippen LogP contribution is 2.30. The molecule has 1 N–H and O–H groups in total. The molecule has 5 nitrogen and oxygen atoms in total. The summed E-state index contributed by atoms with van der Waals surface area (Å²) >= 11 is 0. The first-order valence-electron chi connectivity index (χ1n) is 14.0. The van der Waals surface area contributed by atoms with E-state index in [1.165, 1.54) is 30.5 Å². The van der Waals surface area contributed by atoms with Gasteiger partial charge in [0, 0.05) is 44.0 Å². The Balaban J connectivity index is 1.34. The zero-order chi connectivity index (χ0) is 31.0. The first-order chi connectivity index (χ1) is 20.5. The number of rotatable bonds is 13. The predicted molar refractivity (Wildman–Crippen MR) is 147 cm³/mol. The quantitative estimate of drug-likeness (QED) is 0.228. The highest BCUT2D eigenvalue weighted by molar-refractivity contribution is 5.82. The molecule has 1 aliphatic heterocycles. The van der Waals surface area contributed by atoms with Gasteiger partial charge in [0.25, 0.3) is 0 Å². The van der Waals surface area contributed by atoms with Gasteiger partial charge in [0.05, 0.1) is 18.9 Å². The van der Waals surface area contributed by atoms with Gasteiger partial charge in [0.15, 0.2) is 0 Å². The molecule has 11 heteroatoms. The summed E-state index contributed by atoms with van der Waals surface area (Å²) in [6, 6.07) is 11.2. The molecule has 3 aromatic rings. The number of morpholine rings is 1. The van der Waals surface area contributed by atoms with Gasteiger partial charge in [-0.15, -0.1) is 0 Å². The van der Waals surface area contributed by atoms with Gasteiger partial charge in [-0.05, 0) is 65.8 Å². The lowest BCUT2D eigenvalue weighted by atomic mass is 9.85. The third-order valence-electron chi connectivity index (χ3n) is 7.51. The molecule has 0 aliphatic carbocycles. The second-order valence-corrected chi connectivity index (χ2v) is 10.8. The van der Waals surface area contributed by atoms with E-state index in [1.807, 2.05) is 0 Å². The minimum absolute atomic E-state index is 0.0235. The number of alkyl halides is 3. The number of Topliss-reactive ketones (excluding diaryl/α,β-unsaturated/α-hetero) is 2. The molecule has 2 heterocycles. The summed E-state index contributed by atoms with van der Waals surface area (Å²) in [5.41, 5.74) is 2.14. The Labute approximate surface area is 245 Å². The van der Waals surface area contributed by atoms with Crippen LogP contribution in [0.15, 0.2) is 60.9 Å². The van der Waals surface area contributed by atoms with Gasteiger partial charge >= 0.3 is 6.18 Å². The number of nitrogens with zero attached hydrogens (tertiary/aromatic N) is 1. The number of carbonyl (C=O) groups excluding carboxylic acids is 2. The Morgan fingerprint density at radius 2 is 1.53 bits per heavy atom. The molecule has 1 aliphatic rings. The Morgan fingerprint density at radius 3 is 2.09 bits per heavy atom. The van der Waals surface area contributed by atoms with E-state index in [9.17, 15) is 35.9 Å². The van der Waals surface area contributed by atoms with Crippen molar-refractivity contribution in [3.05, 3.63) is 101 Å². The number of hydrogen-bond acceptors (Lipinski definition) is 5. The van der Waals surface area contributed by atoms with Gasteiger partial charge in [-0.3, -0.25) is 14.6 Å². The third kappa shape index (κ3) is 10.00. The van der Waals surface area contributed by atoms with E-state index in [0.717, 1.165) is 6.20 Å². The molecule has 0 saturated carbocycles. The van der Waals surface area contributed by atoms with Crippen LogP contribution < -0.4 is 5.32 Å². The van der Waals surface area contributed by atoms with Crippen LogP contribution in [0.1, 0.15) is 60.3 Å². The fourth-order valence-electron chi connectivity index (χ4n) is 5.26. The van der Waals surface area contributed by atoms with Crippen LogP contribution in [0.2, 0.25) is 0 Å². The fourth-order valence-corrected chi connectivity index (χ4v) is 5.26. The lowest BCUT2D eigenvalue weighted by molar-refractivity contribution is -0.152. The Morgan fingerprint density at radius 1 is 0.907 bits per heavy atom. The van der Waals surface area contributed by atoms with Gasteiger partial charge in [-0.2, -0.15) is 13.2 Å². The van der Waals surface area contributed by atoms with Crippen molar-refractivity contribution in [2.24, 2.45) is 0 Å². The summed E-state index contributed by atoms with van der Waals surface area (Å²) in [6.45, 7) is 0.596. The minimum Gasteiger partial charge on any atom is -0.375 e. The fraction of sp³-hybridized carbons (Fsp3) is 0.406. The van der Waals surface area contributed by atoms with Gasteiger partial charge in [0.1, 0.15) is 35.4 Å². The first kappa shape index (κ1) is 32.3. The van der Waals surface area contributed by atoms with Crippen LogP contribution >= 0.6 is 0 Å². The van der Waals surface area contributed by atoms with Crippen molar-refractivity contribution >= 4 is 11.6 Å². The van der Waals surface area contributed by atoms with E-state index in [1.54, 1.807) is 24.3 Å². The monoisotopic (exact) mass is 606 g/mol. The summed E-state index contributed by atoms with van der Waals surface area (Å²) in [4.78, 5) is 28.7. The molecular formula is C32H32F6N2O3. The molecule has 0 unspecified atom stereocenters. The largest absolute Gasteiger partial charge is 0.395 e. The lowest BCUT2D eigenvalue weighted by Gasteiger charge is -2.30. The molecule has 4 rings (SSSR count). The van der Waals surface area contributed by atoms with Crippen molar-refractivity contribution in [3.63, 3.8) is 0 Å². The van der Waals surface area contributed by atoms with Gasteiger partial charge in [0.2, 0.25) is 0 Å². The lowest BCUT2D eigenvalue weighted by Crippen LogP contribution is -2.46. The molecule has 230 valence electrons. The molecule has 0 amide bonds. The maximum absolute atomic E-state index is 14.9. The van der Waals surface area contributed by atoms with E-state index in [0.29, 0.717) is 35.2 Å². The van der Waals surface area contributed by atoms with Crippen molar-refractivity contribution in [1.29, 1.82) is 0 Å². The van der Waals surface area contributed by atoms with E-state index >= 15 is 0 Å². The highest BCUT2D eigenvalue weighted by Gasteiger charge is 2.31. The first-order valence-corrected chi connectivity index (χ1v) is 14.0. The normalized spacial score (nSPS) is 17.3. The highest BCUT2D eigenvalue weighted by atomic mass is 19.4. The number of aromatic nitrogens is 1. The van der Waals surface area contributed by atoms with Gasteiger partial charge < -0.3 is 10.1 Å². The van der Waals surface area contributed by atoms with Crippen molar-refractivity contribution in [2.45, 2.75) is 69.2 Å². The second-order valence-electron chi connectivity index (χ2n) is 10.8. The molecule has 0 spiro atoms. The van der Waals surface area contributed by atoms with Crippen molar-refractivity contribution in [3.8, 4) is 0 Å². The molecule has 0 bridgehead atoms. The molecule has 0 radical (unpaired) electrons. The van der Waals surface area contributed by atoms with Crippen LogP contribution in [-0.2, 0) is 27.2 Å². The molecule has 43 heavy (non-hydrogen) atoms. The minimum atomic E-state index is -4.52. The SMILES string of the molecule is O=C(Cc1cncc(F)c1CC[C@@H]1CN[C@H](CCC(=O)CC(F)(F)F)CO1)CC(c1ccc(F)cc1)c1ccc(F)cc1. The number of ether oxygens (including phenoxy) is 1. The van der Waals surface area contributed by atoms with E-state index in [4.69, 9.17) is 4.74 Å². The maximum atomic E-state index is 14.9. The zero-order valence-electron chi connectivity index (χ0n) is 23.3. The van der Waals surface area contributed by atoms with Crippen LogP contribution in [0.3, 0.4) is 0 Å². The molecular weight excluding hydrogens is 574 g/mol. The summed E-state index contributed by atoms with van der Waals surface area (Å²) in [5.74, 6) is -2.93. The van der Waals surface area contributed by atoms with Crippen LogP contribution in [0.25, 0.3) is 0 Å². The average Bonchev–Trinajstić information content (AvgIpc) is 2.95. The number of nitrogens with one attached hydrogen (secondary N) is 1. The molecule has 1 fully saturated rings. The smallest absolute Gasteiger partial charge is 0.375 e. The van der Waals surface area contributed by atoms with Gasteiger partial charge in [-0.25, -0.2) is 13.2 Å². The summed E-state index contributed by atoms with van der Waals surface area (Å²) in [6.07, 6.45) is -3.07. The number of pyridine rings is 1. The van der Waals surface area contributed by atoms with E-state index in [2.05, 4.69) is 10.3 Å². The Bertz CT molecular complexity index is 1330. The molecule has 1 saturated heterocycles. The van der Waals surface area contributed by atoms with Crippen LogP contribution in [0.4, 0.5) is 26.3 Å². The zero-order valence-corrected chi connectivity index (χ0v) is 23.3. The number of carbonyl (C=O) groups is 2.